The van der Waals surface area contributed by atoms with Gasteiger partial charge in [0.25, 0.3) is 0 Å². The Labute approximate surface area is 283 Å². The number of carbonyl (C=O) groups is 2. The van der Waals surface area contributed by atoms with Crippen molar-refractivity contribution >= 4 is 11.7 Å². The zero-order chi connectivity index (χ0) is 36.2. The number of hydrogen-bond acceptors (Lipinski definition) is 18. The van der Waals surface area contributed by atoms with Crippen molar-refractivity contribution in [3.05, 3.63) is 0 Å². The first-order chi connectivity index (χ1) is 23.3. The molecule has 3 heterocycles. The molecule has 286 valence electrons. The van der Waals surface area contributed by atoms with Gasteiger partial charge in [-0.1, -0.05) is 6.92 Å². The maximum Gasteiger partial charge on any atom is 0.219 e. The molecule has 11 N–H and O–H groups in total. The van der Waals surface area contributed by atoms with E-state index >= 15 is 0 Å². The molecule has 19 heteroatoms. The summed E-state index contributed by atoms with van der Waals surface area (Å²) in [4.78, 5) is 23.8. The molecule has 0 saturated carbocycles. The van der Waals surface area contributed by atoms with Crippen molar-refractivity contribution in [3.63, 3.8) is 0 Å². The lowest BCUT2D eigenvalue weighted by Crippen LogP contribution is -2.65. The Kier molecular flexibility index (Phi) is 17.6. The van der Waals surface area contributed by atoms with E-state index in [2.05, 4.69) is 5.32 Å². The Morgan fingerprint density at radius 2 is 1.16 bits per heavy atom. The number of nitrogens with one attached hydrogen (secondary N) is 1. The molecular formula is C30H53NO18. The second-order valence-corrected chi connectivity index (χ2v) is 12.4. The smallest absolute Gasteiger partial charge is 0.219 e. The first-order valence-corrected chi connectivity index (χ1v) is 16.6. The molecule has 3 aliphatic heterocycles. The van der Waals surface area contributed by atoms with Crippen LogP contribution < -0.4 is 5.32 Å². The summed E-state index contributed by atoms with van der Waals surface area (Å²) in [5.41, 5.74) is 0. The van der Waals surface area contributed by atoms with E-state index in [1.807, 2.05) is 6.92 Å². The fraction of sp³-hybridized carbons (Fsp3) is 0.933. The third-order valence-electron chi connectivity index (χ3n) is 8.62. The minimum atomic E-state index is -1.87. The van der Waals surface area contributed by atoms with E-state index in [0.29, 0.717) is 25.7 Å². The summed E-state index contributed by atoms with van der Waals surface area (Å²) >= 11 is 0. The molecule has 15 atom stereocenters. The molecule has 3 aliphatic rings. The zero-order valence-electron chi connectivity index (χ0n) is 27.4. The maximum atomic E-state index is 12.1. The topological polar surface area (TPSA) is 304 Å². The Bertz CT molecular complexity index is 991. The quantitative estimate of drug-likeness (QED) is 0.0557. The van der Waals surface area contributed by atoms with Crippen molar-refractivity contribution in [1.29, 1.82) is 0 Å². The normalized spacial score (nSPS) is 39.9. The van der Waals surface area contributed by atoms with Gasteiger partial charge in [0.2, 0.25) is 5.91 Å². The van der Waals surface area contributed by atoms with E-state index in [1.165, 1.54) is 0 Å². The second kappa shape index (κ2) is 20.5. The molecule has 3 fully saturated rings. The van der Waals surface area contributed by atoms with E-state index in [9.17, 15) is 60.7 Å². The van der Waals surface area contributed by atoms with Gasteiger partial charge in [-0.3, -0.25) is 9.59 Å². The van der Waals surface area contributed by atoms with Crippen molar-refractivity contribution in [2.75, 3.05) is 33.0 Å². The molecule has 3 saturated heterocycles. The number of aliphatic hydroxyl groups is 10. The first kappa shape index (κ1) is 41.9. The van der Waals surface area contributed by atoms with E-state index in [1.54, 1.807) is 0 Å². The molecule has 0 aromatic heterocycles. The van der Waals surface area contributed by atoms with E-state index in [0.717, 1.165) is 6.42 Å². The van der Waals surface area contributed by atoms with Crippen molar-refractivity contribution in [1.82, 2.24) is 5.32 Å². The van der Waals surface area contributed by atoms with Gasteiger partial charge in [0, 0.05) is 25.8 Å². The maximum absolute atomic E-state index is 12.1. The SMILES string of the molecule is CCCC(=O)CCCCC(=O)NCCCO[C@@H]1O[C@H](CO[C@H]2O[C@H](CO)[C@@H](O)[C@H](O)[C@@H]2O)[C@@H](O)[C@H](O[C@H]2O[C@H](CO)[C@@H](O)[C@H](O)[C@@H]2O)[C@@H]1O. The number of rotatable bonds is 19. The monoisotopic (exact) mass is 715 g/mol. The van der Waals surface area contributed by atoms with Crippen LogP contribution in [0.3, 0.4) is 0 Å². The molecule has 1 amide bonds. The van der Waals surface area contributed by atoms with Crippen LogP contribution in [0, 0.1) is 0 Å². The summed E-state index contributed by atoms with van der Waals surface area (Å²) in [6.07, 6.45) is -21.2. The van der Waals surface area contributed by atoms with Crippen LogP contribution in [0.1, 0.15) is 51.9 Å². The summed E-state index contributed by atoms with van der Waals surface area (Å²) in [5, 5.41) is 105. The Morgan fingerprint density at radius 1 is 0.612 bits per heavy atom. The molecule has 0 spiro atoms. The summed E-state index contributed by atoms with van der Waals surface area (Å²) in [6, 6.07) is 0. The molecule has 49 heavy (non-hydrogen) atoms. The molecular weight excluding hydrogens is 662 g/mol. The van der Waals surface area contributed by atoms with Gasteiger partial charge in [0.05, 0.1) is 26.4 Å². The van der Waals surface area contributed by atoms with Crippen LogP contribution >= 0.6 is 0 Å². The van der Waals surface area contributed by atoms with Crippen LogP contribution in [-0.4, -0.2) is 188 Å². The standard InChI is InChI=1S/C30H53NO18/c1-2-6-14(34)7-3-4-8-18(35)31-9-5-10-44-29-26(43)27(49-30-25(42)23(40)20(37)16(12-33)47-30)21(38)17(48-29)13-45-28-24(41)22(39)19(36)15(11-32)46-28/h15-17,19-30,32-33,36-43H,2-13H2,1H3,(H,31,35)/t15-,16-,17-,19-,20-,21-,22+,23+,24+,25+,26+,27+,28+,29-,30-/m1/s1. The van der Waals surface area contributed by atoms with E-state index in [-0.39, 0.29) is 37.7 Å². The third kappa shape index (κ3) is 11.5. The lowest BCUT2D eigenvalue weighted by molar-refractivity contribution is -0.366. The molecule has 0 unspecified atom stereocenters. The van der Waals surface area contributed by atoms with Gasteiger partial charge in [-0.05, 0) is 25.7 Å². The van der Waals surface area contributed by atoms with Crippen LogP contribution in [0.2, 0.25) is 0 Å². The molecule has 0 aromatic carbocycles. The predicted molar refractivity (Wildman–Crippen MR) is 161 cm³/mol. The number of unbranched alkanes of at least 4 members (excludes halogenated alkanes) is 1. The van der Waals surface area contributed by atoms with Gasteiger partial charge in [-0.15, -0.1) is 0 Å². The van der Waals surface area contributed by atoms with Gasteiger partial charge in [0.1, 0.15) is 79.0 Å². The van der Waals surface area contributed by atoms with Crippen molar-refractivity contribution < 1.29 is 89.1 Å². The van der Waals surface area contributed by atoms with Gasteiger partial charge >= 0.3 is 0 Å². The molecule has 0 aliphatic carbocycles. The van der Waals surface area contributed by atoms with Crippen LogP contribution in [0.25, 0.3) is 0 Å². The molecule has 0 aromatic rings. The highest BCUT2D eigenvalue weighted by Gasteiger charge is 2.52. The minimum Gasteiger partial charge on any atom is -0.394 e. The van der Waals surface area contributed by atoms with E-state index in [4.69, 9.17) is 28.4 Å². The average Bonchev–Trinajstić information content (AvgIpc) is 3.08. The molecule has 0 bridgehead atoms. The van der Waals surface area contributed by atoms with Crippen LogP contribution in [0.15, 0.2) is 0 Å². The Balaban J connectivity index is 1.60. The average molecular weight is 716 g/mol. The van der Waals surface area contributed by atoms with Gasteiger partial charge in [0.15, 0.2) is 18.9 Å². The van der Waals surface area contributed by atoms with Crippen molar-refractivity contribution in [2.24, 2.45) is 0 Å². The van der Waals surface area contributed by atoms with E-state index < -0.39 is 112 Å². The molecule has 0 radical (unpaired) electrons. The third-order valence-corrected chi connectivity index (χ3v) is 8.62. The highest BCUT2D eigenvalue weighted by Crippen LogP contribution is 2.31. The van der Waals surface area contributed by atoms with Crippen LogP contribution in [0.4, 0.5) is 0 Å². The summed E-state index contributed by atoms with van der Waals surface area (Å²) in [5.74, 6) is -0.0402. The first-order valence-electron chi connectivity index (χ1n) is 16.6. The number of carbonyl (C=O) groups excluding carboxylic acids is 2. The number of hydrogen-bond donors (Lipinski definition) is 11. The lowest BCUT2D eigenvalue weighted by Gasteiger charge is -2.46. The Morgan fingerprint density at radius 3 is 1.78 bits per heavy atom. The van der Waals surface area contributed by atoms with Crippen LogP contribution in [0.5, 0.6) is 0 Å². The van der Waals surface area contributed by atoms with Gasteiger partial charge in [-0.2, -0.15) is 0 Å². The summed E-state index contributed by atoms with van der Waals surface area (Å²) < 4.78 is 33.2. The van der Waals surface area contributed by atoms with Crippen molar-refractivity contribution in [3.8, 4) is 0 Å². The number of Topliss-reactive ketones (excluding diaryl/α,β-unsaturated/α-hetero) is 1. The highest BCUT2D eigenvalue weighted by atomic mass is 16.7. The number of ketones is 1. The number of aliphatic hydroxyl groups excluding tert-OH is 10. The largest absolute Gasteiger partial charge is 0.394 e. The number of ether oxygens (including phenoxy) is 6. The zero-order valence-corrected chi connectivity index (χ0v) is 27.4. The molecule has 19 nitrogen and oxygen atoms in total. The van der Waals surface area contributed by atoms with Crippen LogP contribution in [-0.2, 0) is 38.0 Å². The summed E-state index contributed by atoms with van der Waals surface area (Å²) in [7, 11) is 0. The van der Waals surface area contributed by atoms with Crippen molar-refractivity contribution in [2.45, 2.75) is 144 Å². The highest BCUT2D eigenvalue weighted by molar-refractivity contribution is 5.78. The summed E-state index contributed by atoms with van der Waals surface area (Å²) in [6.45, 7) is -0.0168. The van der Waals surface area contributed by atoms with Gasteiger partial charge < -0.3 is 84.8 Å². The lowest BCUT2D eigenvalue weighted by atomic mass is 9.96. The minimum absolute atomic E-state index is 0.0727. The number of amides is 1. The fourth-order valence-electron chi connectivity index (χ4n) is 5.67. The van der Waals surface area contributed by atoms with Gasteiger partial charge in [-0.25, -0.2) is 0 Å². The molecule has 3 rings (SSSR count). The fourth-order valence-corrected chi connectivity index (χ4v) is 5.67. The second-order valence-electron chi connectivity index (χ2n) is 12.4. The Hall–Kier alpha value is -1.50. The predicted octanol–water partition coefficient (Wildman–Crippen LogP) is -5.11.